The summed E-state index contributed by atoms with van der Waals surface area (Å²) in [5.74, 6) is 1.15. The quantitative estimate of drug-likeness (QED) is 0.458. The Bertz CT molecular complexity index is 1140. The number of carbonyl (C=O) groups excluding carboxylic acids is 2. The van der Waals surface area contributed by atoms with Gasteiger partial charge in [0, 0.05) is 31.1 Å². The molecular weight excluding hydrogens is 462 g/mol. The van der Waals surface area contributed by atoms with E-state index in [-0.39, 0.29) is 23.0 Å². The number of carbonyl (C=O) groups is 2. The predicted octanol–water partition coefficient (Wildman–Crippen LogP) is 3.40. The van der Waals surface area contributed by atoms with Crippen LogP contribution in [-0.2, 0) is 22.6 Å². The Hall–Kier alpha value is -3.33. The molecule has 4 rings (SSSR count). The van der Waals surface area contributed by atoms with Crippen LogP contribution in [0.4, 0.5) is 0 Å². The van der Waals surface area contributed by atoms with Gasteiger partial charge in [0.1, 0.15) is 5.75 Å². The Morgan fingerprint density at radius 2 is 1.77 bits per heavy atom. The van der Waals surface area contributed by atoms with Crippen molar-refractivity contribution in [1.29, 1.82) is 0 Å². The minimum absolute atomic E-state index is 0.0431. The van der Waals surface area contributed by atoms with Crippen molar-refractivity contribution in [2.75, 3.05) is 20.2 Å². The maximum absolute atomic E-state index is 13.1. The summed E-state index contributed by atoms with van der Waals surface area (Å²) in [5, 5.41) is 9.32. The Labute approximate surface area is 209 Å². The highest BCUT2D eigenvalue weighted by Gasteiger charge is 2.29. The average molecular weight is 494 g/mol. The number of aromatic nitrogens is 3. The van der Waals surface area contributed by atoms with Gasteiger partial charge >= 0.3 is 0 Å². The molecule has 35 heavy (non-hydrogen) atoms. The van der Waals surface area contributed by atoms with Crippen molar-refractivity contribution in [3.05, 3.63) is 60.2 Å². The van der Waals surface area contributed by atoms with E-state index < -0.39 is 0 Å². The molecule has 1 unspecified atom stereocenters. The van der Waals surface area contributed by atoms with E-state index in [1.54, 1.807) is 7.11 Å². The van der Waals surface area contributed by atoms with Gasteiger partial charge in [-0.1, -0.05) is 42.1 Å². The highest BCUT2D eigenvalue weighted by molar-refractivity contribution is 8.00. The molecule has 2 aromatic carbocycles. The number of piperidine rings is 1. The molecule has 2 amide bonds. The Balaban J connectivity index is 1.52. The molecule has 1 fully saturated rings. The molecule has 8 nitrogen and oxygen atoms in total. The number of benzene rings is 2. The van der Waals surface area contributed by atoms with E-state index in [1.807, 2.05) is 54.3 Å². The molecule has 2 heterocycles. The molecule has 2 N–H and O–H groups in total. The molecule has 0 aliphatic carbocycles. The maximum atomic E-state index is 13.1. The van der Waals surface area contributed by atoms with Crippen molar-refractivity contribution in [2.24, 2.45) is 11.7 Å². The first-order chi connectivity index (χ1) is 17.0. The number of hydrogen-bond acceptors (Lipinski definition) is 6. The van der Waals surface area contributed by atoms with Crippen LogP contribution in [0.15, 0.2) is 59.8 Å². The maximum Gasteiger partial charge on any atom is 0.235 e. The first kappa shape index (κ1) is 24.8. The van der Waals surface area contributed by atoms with Gasteiger partial charge in [-0.3, -0.25) is 9.59 Å². The van der Waals surface area contributed by atoms with Crippen molar-refractivity contribution in [3.8, 4) is 17.1 Å². The van der Waals surface area contributed by atoms with Crippen LogP contribution in [0, 0.1) is 5.92 Å². The van der Waals surface area contributed by atoms with Crippen LogP contribution >= 0.6 is 11.8 Å². The minimum Gasteiger partial charge on any atom is -0.497 e. The Morgan fingerprint density at radius 1 is 1.09 bits per heavy atom. The second kappa shape index (κ2) is 11.4. The topological polar surface area (TPSA) is 103 Å². The predicted molar refractivity (Wildman–Crippen MR) is 136 cm³/mol. The molecule has 0 bridgehead atoms. The van der Waals surface area contributed by atoms with Gasteiger partial charge in [-0.25, -0.2) is 0 Å². The van der Waals surface area contributed by atoms with Crippen LogP contribution in [0.1, 0.15) is 25.3 Å². The molecule has 1 aromatic heterocycles. The molecule has 1 atom stereocenters. The largest absolute Gasteiger partial charge is 0.497 e. The van der Waals surface area contributed by atoms with Gasteiger partial charge in [0.15, 0.2) is 11.0 Å². The summed E-state index contributed by atoms with van der Waals surface area (Å²) in [7, 11) is 1.64. The van der Waals surface area contributed by atoms with E-state index in [9.17, 15) is 9.59 Å². The standard InChI is InChI=1S/C26H31N5O3S/c1-18(25(33)30-15-13-20(14-16-30)23(27)32)35-26-29-28-24(21-8-10-22(34-2)11-9-21)31(26)17-12-19-6-4-3-5-7-19/h3-11,18,20H,12-17H2,1-2H3,(H2,27,32). The number of rotatable bonds is 9. The van der Waals surface area contributed by atoms with E-state index in [1.165, 1.54) is 17.3 Å². The number of amides is 2. The van der Waals surface area contributed by atoms with Gasteiger partial charge in [0.05, 0.1) is 12.4 Å². The minimum atomic E-state index is -0.330. The van der Waals surface area contributed by atoms with Gasteiger partial charge in [-0.05, 0) is 56.0 Å². The zero-order valence-corrected chi connectivity index (χ0v) is 20.9. The van der Waals surface area contributed by atoms with Crippen LogP contribution < -0.4 is 10.5 Å². The van der Waals surface area contributed by atoms with Crippen molar-refractivity contribution in [2.45, 2.75) is 43.1 Å². The normalized spacial score (nSPS) is 15.1. The van der Waals surface area contributed by atoms with Crippen molar-refractivity contribution < 1.29 is 14.3 Å². The zero-order chi connectivity index (χ0) is 24.8. The summed E-state index contributed by atoms with van der Waals surface area (Å²) in [4.78, 5) is 26.4. The highest BCUT2D eigenvalue weighted by atomic mass is 32.2. The van der Waals surface area contributed by atoms with Crippen molar-refractivity contribution in [1.82, 2.24) is 19.7 Å². The molecule has 1 aliphatic rings. The average Bonchev–Trinajstić information content (AvgIpc) is 3.29. The lowest BCUT2D eigenvalue weighted by Crippen LogP contribution is -2.44. The van der Waals surface area contributed by atoms with Gasteiger partial charge < -0.3 is 19.9 Å². The Morgan fingerprint density at radius 3 is 2.40 bits per heavy atom. The van der Waals surface area contributed by atoms with E-state index in [0.717, 1.165) is 23.6 Å². The fourth-order valence-corrected chi connectivity index (χ4v) is 5.23. The van der Waals surface area contributed by atoms with Gasteiger partial charge in [0.25, 0.3) is 0 Å². The second-order valence-electron chi connectivity index (χ2n) is 8.68. The number of primary amides is 1. The van der Waals surface area contributed by atoms with Gasteiger partial charge in [0.2, 0.25) is 11.8 Å². The number of aryl methyl sites for hydroxylation is 1. The molecule has 0 spiro atoms. The first-order valence-electron chi connectivity index (χ1n) is 11.8. The molecule has 9 heteroatoms. The molecular formula is C26H31N5O3S. The van der Waals surface area contributed by atoms with Gasteiger partial charge in [-0.2, -0.15) is 0 Å². The van der Waals surface area contributed by atoms with E-state index in [0.29, 0.717) is 37.6 Å². The van der Waals surface area contributed by atoms with Crippen LogP contribution in [0.25, 0.3) is 11.4 Å². The fraction of sp³-hybridized carbons (Fsp3) is 0.385. The van der Waals surface area contributed by atoms with E-state index >= 15 is 0 Å². The summed E-state index contributed by atoms with van der Waals surface area (Å²) >= 11 is 1.42. The zero-order valence-electron chi connectivity index (χ0n) is 20.1. The molecule has 3 aromatic rings. The lowest BCUT2D eigenvalue weighted by Gasteiger charge is -2.32. The molecule has 184 valence electrons. The third-order valence-electron chi connectivity index (χ3n) is 6.37. The monoisotopic (exact) mass is 493 g/mol. The third kappa shape index (κ3) is 6.03. The SMILES string of the molecule is COc1ccc(-c2nnc(SC(C)C(=O)N3CCC(C(N)=O)CC3)n2CCc2ccccc2)cc1. The van der Waals surface area contributed by atoms with Crippen molar-refractivity contribution >= 4 is 23.6 Å². The summed E-state index contributed by atoms with van der Waals surface area (Å²) < 4.78 is 7.37. The number of ether oxygens (including phenoxy) is 1. The fourth-order valence-electron chi connectivity index (χ4n) is 4.27. The highest BCUT2D eigenvalue weighted by Crippen LogP contribution is 2.30. The van der Waals surface area contributed by atoms with E-state index in [4.69, 9.17) is 10.5 Å². The van der Waals surface area contributed by atoms with Crippen LogP contribution in [-0.4, -0.2) is 56.9 Å². The summed E-state index contributed by atoms with van der Waals surface area (Å²) in [6.45, 7) is 3.69. The van der Waals surface area contributed by atoms with Crippen LogP contribution in [0.3, 0.4) is 0 Å². The molecule has 0 saturated carbocycles. The lowest BCUT2D eigenvalue weighted by molar-refractivity contribution is -0.134. The number of nitrogens with zero attached hydrogens (tertiary/aromatic N) is 4. The number of methoxy groups -OCH3 is 1. The number of hydrogen-bond donors (Lipinski definition) is 1. The summed E-state index contributed by atoms with van der Waals surface area (Å²) in [5.41, 5.74) is 7.59. The molecule has 1 saturated heterocycles. The Kier molecular flexibility index (Phi) is 8.07. The lowest BCUT2D eigenvalue weighted by atomic mass is 9.96. The molecule has 1 aliphatic heterocycles. The smallest absolute Gasteiger partial charge is 0.235 e. The number of nitrogens with two attached hydrogens (primary N) is 1. The third-order valence-corrected chi connectivity index (χ3v) is 7.44. The second-order valence-corrected chi connectivity index (χ2v) is 9.99. The van der Waals surface area contributed by atoms with Crippen LogP contribution in [0.2, 0.25) is 0 Å². The van der Waals surface area contributed by atoms with Gasteiger partial charge in [-0.15, -0.1) is 10.2 Å². The summed E-state index contributed by atoms with van der Waals surface area (Å²) in [6, 6.07) is 18.0. The molecule has 0 radical (unpaired) electrons. The van der Waals surface area contributed by atoms with Crippen LogP contribution in [0.5, 0.6) is 5.75 Å². The number of thioether (sulfide) groups is 1. The number of likely N-dealkylation sites (tertiary alicyclic amines) is 1. The van der Waals surface area contributed by atoms with E-state index in [2.05, 4.69) is 26.9 Å². The summed E-state index contributed by atoms with van der Waals surface area (Å²) in [6.07, 6.45) is 2.05. The first-order valence-corrected chi connectivity index (χ1v) is 12.7. The van der Waals surface area contributed by atoms with Crippen molar-refractivity contribution in [3.63, 3.8) is 0 Å².